The lowest BCUT2D eigenvalue weighted by atomic mass is 10.1. The quantitative estimate of drug-likeness (QED) is 0.727. The minimum atomic E-state index is 0.316. The van der Waals surface area contributed by atoms with Crippen molar-refractivity contribution in [2.75, 3.05) is 12.5 Å². The highest BCUT2D eigenvalue weighted by Crippen LogP contribution is 2.30. The summed E-state index contributed by atoms with van der Waals surface area (Å²) in [5.41, 5.74) is 1.25. The third-order valence-electron chi connectivity index (χ3n) is 2.05. The Labute approximate surface area is 93.9 Å². The largest absolute Gasteiger partial charge is 0.198 e. The zero-order valence-electron chi connectivity index (χ0n) is 8.36. The van der Waals surface area contributed by atoms with Gasteiger partial charge in [0.15, 0.2) is 0 Å². The van der Waals surface area contributed by atoms with Gasteiger partial charge >= 0.3 is 0 Å². The highest BCUT2D eigenvalue weighted by atomic mass is 32.2. The number of hydrogen-bond donors (Lipinski definition) is 0. The van der Waals surface area contributed by atoms with Crippen LogP contribution >= 0.6 is 23.5 Å². The summed E-state index contributed by atoms with van der Waals surface area (Å²) in [5, 5.41) is 8.98. The van der Waals surface area contributed by atoms with Crippen molar-refractivity contribution >= 4 is 23.5 Å². The van der Waals surface area contributed by atoms with E-state index < -0.39 is 0 Å². The molecule has 1 aromatic carbocycles. The van der Waals surface area contributed by atoms with E-state index in [1.807, 2.05) is 6.26 Å². The molecule has 0 radical (unpaired) electrons. The maximum atomic E-state index is 8.66. The smallest absolute Gasteiger partial charge is 0.0636 e. The Kier molecular flexibility index (Phi) is 4.92. The molecule has 0 aliphatic carbocycles. The van der Waals surface area contributed by atoms with Gasteiger partial charge in [-0.05, 0) is 30.2 Å². The SMILES string of the molecule is CSc1ccc(C(CC#N)SC)cc1. The second-order valence-corrected chi connectivity index (χ2v) is 4.78. The fourth-order valence-electron chi connectivity index (χ4n) is 1.24. The van der Waals surface area contributed by atoms with Gasteiger partial charge in [0.05, 0.1) is 12.5 Å². The van der Waals surface area contributed by atoms with Crippen molar-refractivity contribution in [3.05, 3.63) is 29.8 Å². The Bertz CT molecular complexity index is 313. The van der Waals surface area contributed by atoms with E-state index in [9.17, 15) is 0 Å². The number of nitrogens with zero attached hydrogens (tertiary/aromatic N) is 1. The van der Waals surface area contributed by atoms with E-state index in [0.717, 1.165) is 0 Å². The molecule has 74 valence electrons. The van der Waals surface area contributed by atoms with Gasteiger partial charge in [-0.1, -0.05) is 12.1 Å². The topological polar surface area (TPSA) is 23.8 Å². The van der Waals surface area contributed by atoms with E-state index in [2.05, 4.69) is 36.6 Å². The molecule has 0 aromatic heterocycles. The van der Waals surface area contributed by atoms with Crippen LogP contribution in [0.3, 0.4) is 0 Å². The van der Waals surface area contributed by atoms with Gasteiger partial charge in [-0.25, -0.2) is 0 Å². The molecule has 14 heavy (non-hydrogen) atoms. The molecule has 0 amide bonds. The summed E-state index contributed by atoms with van der Waals surface area (Å²) in [4.78, 5) is 1.27. The fraction of sp³-hybridized carbons (Fsp3) is 0.364. The molecule has 0 aliphatic heterocycles. The molecule has 0 heterocycles. The van der Waals surface area contributed by atoms with Crippen molar-refractivity contribution in [1.29, 1.82) is 5.26 Å². The molecular weight excluding hydrogens is 210 g/mol. The molecule has 1 rings (SSSR count). The lowest BCUT2D eigenvalue weighted by Gasteiger charge is -2.10. The first kappa shape index (κ1) is 11.5. The summed E-state index contributed by atoms with van der Waals surface area (Å²) in [6, 6.07) is 10.7. The highest BCUT2D eigenvalue weighted by Gasteiger charge is 2.08. The Hall–Kier alpha value is -0.590. The first-order chi connectivity index (χ1) is 6.81. The van der Waals surface area contributed by atoms with E-state index in [-0.39, 0.29) is 0 Å². The predicted molar refractivity (Wildman–Crippen MR) is 64.7 cm³/mol. The molecule has 0 aliphatic rings. The van der Waals surface area contributed by atoms with Crippen molar-refractivity contribution in [3.8, 4) is 6.07 Å². The summed E-state index contributed by atoms with van der Waals surface area (Å²) >= 11 is 3.47. The lowest BCUT2D eigenvalue weighted by Crippen LogP contribution is -1.91. The third-order valence-corrected chi connectivity index (χ3v) is 3.80. The van der Waals surface area contributed by atoms with Crippen LogP contribution in [0.5, 0.6) is 0 Å². The molecule has 1 unspecified atom stereocenters. The Balaban J connectivity index is 2.79. The Morgan fingerprint density at radius 1 is 1.29 bits per heavy atom. The first-order valence-corrected chi connectivity index (χ1v) is 6.86. The van der Waals surface area contributed by atoms with Gasteiger partial charge in [0.25, 0.3) is 0 Å². The molecule has 0 spiro atoms. The normalized spacial score (nSPS) is 12.1. The van der Waals surface area contributed by atoms with Crippen molar-refractivity contribution in [2.24, 2.45) is 0 Å². The van der Waals surface area contributed by atoms with Crippen molar-refractivity contribution < 1.29 is 0 Å². The van der Waals surface area contributed by atoms with Gasteiger partial charge in [-0.15, -0.1) is 11.8 Å². The number of thioether (sulfide) groups is 2. The van der Waals surface area contributed by atoms with Gasteiger partial charge in [0, 0.05) is 10.1 Å². The van der Waals surface area contributed by atoms with Gasteiger partial charge in [-0.2, -0.15) is 17.0 Å². The molecule has 0 saturated heterocycles. The van der Waals surface area contributed by atoms with Crippen LogP contribution in [0.15, 0.2) is 29.2 Å². The van der Waals surface area contributed by atoms with E-state index in [4.69, 9.17) is 5.26 Å². The fourth-order valence-corrected chi connectivity index (χ4v) is 2.32. The summed E-state index contributed by atoms with van der Waals surface area (Å²) in [5.74, 6) is 0. The van der Waals surface area contributed by atoms with Crippen LogP contribution in [0.1, 0.15) is 17.2 Å². The molecule has 0 bridgehead atoms. The molecule has 0 saturated carbocycles. The highest BCUT2D eigenvalue weighted by molar-refractivity contribution is 7.99. The van der Waals surface area contributed by atoms with Crippen LogP contribution in [0.4, 0.5) is 0 Å². The van der Waals surface area contributed by atoms with Crippen LogP contribution in [0.2, 0.25) is 0 Å². The second-order valence-electron chi connectivity index (χ2n) is 2.86. The zero-order chi connectivity index (χ0) is 10.4. The molecule has 0 fully saturated rings. The van der Waals surface area contributed by atoms with Gasteiger partial charge < -0.3 is 0 Å². The minimum absolute atomic E-state index is 0.316. The number of nitriles is 1. The van der Waals surface area contributed by atoms with Crippen LogP contribution in [-0.4, -0.2) is 12.5 Å². The Morgan fingerprint density at radius 3 is 2.36 bits per heavy atom. The molecule has 3 heteroatoms. The van der Waals surface area contributed by atoms with Gasteiger partial charge in [-0.3, -0.25) is 0 Å². The van der Waals surface area contributed by atoms with Crippen LogP contribution in [0.25, 0.3) is 0 Å². The molecular formula is C11H13NS2. The first-order valence-electron chi connectivity index (χ1n) is 4.35. The molecule has 1 nitrogen and oxygen atoms in total. The minimum Gasteiger partial charge on any atom is -0.198 e. The van der Waals surface area contributed by atoms with Crippen molar-refractivity contribution in [1.82, 2.24) is 0 Å². The molecule has 1 atom stereocenters. The zero-order valence-corrected chi connectivity index (χ0v) is 9.99. The van der Waals surface area contributed by atoms with E-state index in [1.165, 1.54) is 10.5 Å². The van der Waals surface area contributed by atoms with E-state index in [1.54, 1.807) is 23.5 Å². The van der Waals surface area contributed by atoms with Crippen LogP contribution in [-0.2, 0) is 0 Å². The van der Waals surface area contributed by atoms with Crippen LogP contribution < -0.4 is 0 Å². The second kappa shape index (κ2) is 6.00. The summed E-state index contributed by atoms with van der Waals surface area (Å²) in [6.45, 7) is 0. The predicted octanol–water partition coefficient (Wildman–Crippen LogP) is 3.73. The van der Waals surface area contributed by atoms with E-state index >= 15 is 0 Å². The standard InChI is InChI=1S/C11H13NS2/c1-13-10-5-3-9(4-6-10)11(14-2)7-8-12/h3-6,11H,7H2,1-2H3. The third kappa shape index (κ3) is 2.97. The molecule has 1 aromatic rings. The summed E-state index contributed by atoms with van der Waals surface area (Å²) in [6.07, 6.45) is 4.70. The maximum Gasteiger partial charge on any atom is 0.0636 e. The van der Waals surface area contributed by atoms with Crippen LogP contribution in [0, 0.1) is 11.3 Å². The molecule has 0 N–H and O–H groups in total. The van der Waals surface area contributed by atoms with E-state index in [0.29, 0.717) is 11.7 Å². The van der Waals surface area contributed by atoms with Crippen molar-refractivity contribution in [2.45, 2.75) is 16.6 Å². The lowest BCUT2D eigenvalue weighted by molar-refractivity contribution is 0.980. The maximum absolute atomic E-state index is 8.66. The number of benzene rings is 1. The van der Waals surface area contributed by atoms with Gasteiger partial charge in [0.1, 0.15) is 0 Å². The summed E-state index contributed by atoms with van der Waals surface area (Å²) in [7, 11) is 0. The average molecular weight is 223 g/mol. The number of hydrogen-bond acceptors (Lipinski definition) is 3. The van der Waals surface area contributed by atoms with Gasteiger partial charge in [0.2, 0.25) is 0 Å². The Morgan fingerprint density at radius 2 is 1.93 bits per heavy atom. The van der Waals surface area contributed by atoms with Crippen molar-refractivity contribution in [3.63, 3.8) is 0 Å². The average Bonchev–Trinajstić information content (AvgIpc) is 2.26. The monoisotopic (exact) mass is 223 g/mol. The number of rotatable bonds is 4. The summed E-state index contributed by atoms with van der Waals surface area (Å²) < 4.78 is 0.